The molecule has 1 aromatic rings. The van der Waals surface area contributed by atoms with E-state index in [0.29, 0.717) is 11.8 Å². The average Bonchev–Trinajstić information content (AvgIpc) is 2.46. The van der Waals surface area contributed by atoms with Crippen molar-refractivity contribution in [1.82, 2.24) is 10.2 Å². The summed E-state index contributed by atoms with van der Waals surface area (Å²) < 4.78 is 0. The Balaban J connectivity index is 1.77. The molecule has 1 atom stereocenters. The van der Waals surface area contributed by atoms with Crippen LogP contribution in [0.2, 0.25) is 0 Å². The Labute approximate surface area is 120 Å². The predicted octanol–water partition coefficient (Wildman–Crippen LogP) is 2.48. The van der Waals surface area contributed by atoms with Gasteiger partial charge in [0, 0.05) is 43.7 Å². The molecular formula is C15H24N2OS. The third-order valence-electron chi connectivity index (χ3n) is 3.63. The van der Waals surface area contributed by atoms with Gasteiger partial charge in [-0.05, 0) is 24.1 Å². The number of phenolic OH excluding ortho intramolecular Hbond substituents is 1. The van der Waals surface area contributed by atoms with Crippen LogP contribution in [0.15, 0.2) is 24.3 Å². The molecule has 0 bridgehead atoms. The number of benzene rings is 1. The molecule has 0 saturated carbocycles. The Bertz CT molecular complexity index is 363. The zero-order valence-electron chi connectivity index (χ0n) is 11.6. The predicted molar refractivity (Wildman–Crippen MR) is 82.9 cm³/mol. The van der Waals surface area contributed by atoms with E-state index in [9.17, 15) is 5.11 Å². The second-order valence-electron chi connectivity index (χ2n) is 4.96. The molecule has 3 nitrogen and oxygen atoms in total. The van der Waals surface area contributed by atoms with Gasteiger partial charge in [-0.3, -0.25) is 0 Å². The van der Waals surface area contributed by atoms with Crippen molar-refractivity contribution in [3.05, 3.63) is 29.8 Å². The zero-order valence-corrected chi connectivity index (χ0v) is 12.5. The molecule has 0 aromatic heterocycles. The first kappa shape index (κ1) is 14.7. The summed E-state index contributed by atoms with van der Waals surface area (Å²) in [5.74, 6) is 2.88. The first-order valence-corrected chi connectivity index (χ1v) is 8.27. The molecule has 106 valence electrons. The summed E-state index contributed by atoms with van der Waals surface area (Å²) >= 11 is 2.06. The summed E-state index contributed by atoms with van der Waals surface area (Å²) in [6.45, 7) is 6.81. The van der Waals surface area contributed by atoms with Crippen LogP contribution in [-0.4, -0.2) is 47.7 Å². The van der Waals surface area contributed by atoms with Crippen LogP contribution in [-0.2, 0) is 0 Å². The van der Waals surface area contributed by atoms with Gasteiger partial charge in [0.05, 0.1) is 0 Å². The molecule has 1 fully saturated rings. The van der Waals surface area contributed by atoms with E-state index in [-0.39, 0.29) is 0 Å². The molecule has 0 amide bonds. The minimum absolute atomic E-state index is 0.337. The Kier molecular flexibility index (Phi) is 6.01. The summed E-state index contributed by atoms with van der Waals surface area (Å²) in [6, 6.07) is 7.94. The van der Waals surface area contributed by atoms with Crippen LogP contribution in [0.25, 0.3) is 0 Å². The van der Waals surface area contributed by atoms with E-state index in [1.807, 2.05) is 12.1 Å². The van der Waals surface area contributed by atoms with Gasteiger partial charge in [0.1, 0.15) is 5.75 Å². The number of thioether (sulfide) groups is 1. The fourth-order valence-corrected chi connectivity index (χ4v) is 3.40. The van der Waals surface area contributed by atoms with Crippen molar-refractivity contribution in [2.75, 3.05) is 37.7 Å². The SMILES string of the molecule is CCC(NCCN1CCSCC1)c1ccc(O)cc1. The minimum Gasteiger partial charge on any atom is -0.508 e. The third-order valence-corrected chi connectivity index (χ3v) is 4.57. The highest BCUT2D eigenvalue weighted by atomic mass is 32.2. The molecule has 0 aliphatic carbocycles. The van der Waals surface area contributed by atoms with Crippen molar-refractivity contribution in [1.29, 1.82) is 0 Å². The van der Waals surface area contributed by atoms with Gasteiger partial charge >= 0.3 is 0 Å². The number of nitrogens with zero attached hydrogens (tertiary/aromatic N) is 1. The van der Waals surface area contributed by atoms with E-state index in [0.717, 1.165) is 19.5 Å². The molecule has 1 aromatic carbocycles. The van der Waals surface area contributed by atoms with Crippen LogP contribution in [0.5, 0.6) is 5.75 Å². The van der Waals surface area contributed by atoms with Gasteiger partial charge in [0.15, 0.2) is 0 Å². The van der Waals surface area contributed by atoms with E-state index >= 15 is 0 Å². The number of hydrogen-bond acceptors (Lipinski definition) is 4. The molecule has 1 unspecified atom stereocenters. The smallest absolute Gasteiger partial charge is 0.115 e. The van der Waals surface area contributed by atoms with Crippen molar-refractivity contribution in [2.45, 2.75) is 19.4 Å². The van der Waals surface area contributed by atoms with E-state index in [2.05, 4.69) is 28.9 Å². The van der Waals surface area contributed by atoms with Crippen molar-refractivity contribution < 1.29 is 5.11 Å². The van der Waals surface area contributed by atoms with Crippen LogP contribution in [0.4, 0.5) is 0 Å². The Morgan fingerprint density at radius 2 is 1.95 bits per heavy atom. The van der Waals surface area contributed by atoms with Crippen LogP contribution < -0.4 is 5.32 Å². The van der Waals surface area contributed by atoms with Gasteiger partial charge < -0.3 is 15.3 Å². The Hall–Kier alpha value is -0.710. The van der Waals surface area contributed by atoms with E-state index in [1.165, 1.54) is 30.2 Å². The van der Waals surface area contributed by atoms with Gasteiger partial charge in [-0.2, -0.15) is 11.8 Å². The van der Waals surface area contributed by atoms with Gasteiger partial charge in [0.25, 0.3) is 0 Å². The number of aromatic hydroxyl groups is 1. The highest BCUT2D eigenvalue weighted by Gasteiger charge is 2.12. The lowest BCUT2D eigenvalue weighted by Gasteiger charge is -2.27. The highest BCUT2D eigenvalue weighted by molar-refractivity contribution is 7.99. The number of nitrogens with one attached hydrogen (secondary N) is 1. The van der Waals surface area contributed by atoms with E-state index in [4.69, 9.17) is 0 Å². The molecular weight excluding hydrogens is 256 g/mol. The van der Waals surface area contributed by atoms with Crippen LogP contribution in [0.1, 0.15) is 24.9 Å². The van der Waals surface area contributed by atoms with Gasteiger partial charge in [-0.1, -0.05) is 19.1 Å². The lowest BCUT2D eigenvalue weighted by Crippen LogP contribution is -2.38. The molecule has 0 radical (unpaired) electrons. The quantitative estimate of drug-likeness (QED) is 0.839. The zero-order chi connectivity index (χ0) is 13.5. The molecule has 4 heteroatoms. The fourth-order valence-electron chi connectivity index (χ4n) is 2.43. The standard InChI is InChI=1S/C15H24N2OS/c1-2-15(13-3-5-14(18)6-4-13)16-7-8-17-9-11-19-12-10-17/h3-6,15-16,18H,2,7-12H2,1H3. The molecule has 1 aliphatic heterocycles. The molecule has 1 saturated heterocycles. The monoisotopic (exact) mass is 280 g/mol. The highest BCUT2D eigenvalue weighted by Crippen LogP contribution is 2.19. The van der Waals surface area contributed by atoms with Gasteiger partial charge in [0.2, 0.25) is 0 Å². The maximum absolute atomic E-state index is 9.33. The summed E-state index contributed by atoms with van der Waals surface area (Å²) in [7, 11) is 0. The van der Waals surface area contributed by atoms with Gasteiger partial charge in [-0.25, -0.2) is 0 Å². The molecule has 19 heavy (non-hydrogen) atoms. The minimum atomic E-state index is 0.337. The Morgan fingerprint density at radius 1 is 1.26 bits per heavy atom. The second-order valence-corrected chi connectivity index (χ2v) is 6.19. The maximum atomic E-state index is 9.33. The van der Waals surface area contributed by atoms with E-state index in [1.54, 1.807) is 12.1 Å². The molecule has 1 heterocycles. The molecule has 2 N–H and O–H groups in total. The average molecular weight is 280 g/mol. The summed E-state index contributed by atoms with van der Waals surface area (Å²) in [4.78, 5) is 2.53. The molecule has 1 aliphatic rings. The first-order valence-electron chi connectivity index (χ1n) is 7.12. The lowest BCUT2D eigenvalue weighted by molar-refractivity contribution is 0.294. The van der Waals surface area contributed by atoms with Crippen molar-refractivity contribution in [2.24, 2.45) is 0 Å². The second kappa shape index (κ2) is 7.78. The van der Waals surface area contributed by atoms with Crippen molar-refractivity contribution >= 4 is 11.8 Å². The topological polar surface area (TPSA) is 35.5 Å². The van der Waals surface area contributed by atoms with Crippen molar-refractivity contribution in [3.63, 3.8) is 0 Å². The molecule has 0 spiro atoms. The summed E-state index contributed by atoms with van der Waals surface area (Å²) in [5.41, 5.74) is 1.26. The summed E-state index contributed by atoms with van der Waals surface area (Å²) in [5, 5.41) is 13.0. The number of rotatable bonds is 6. The lowest BCUT2D eigenvalue weighted by atomic mass is 10.0. The molecule has 2 rings (SSSR count). The first-order chi connectivity index (χ1) is 9.29. The van der Waals surface area contributed by atoms with Crippen LogP contribution >= 0.6 is 11.8 Å². The van der Waals surface area contributed by atoms with Crippen LogP contribution in [0.3, 0.4) is 0 Å². The van der Waals surface area contributed by atoms with E-state index < -0.39 is 0 Å². The Morgan fingerprint density at radius 3 is 2.58 bits per heavy atom. The fraction of sp³-hybridized carbons (Fsp3) is 0.600. The van der Waals surface area contributed by atoms with Crippen molar-refractivity contribution in [3.8, 4) is 5.75 Å². The van der Waals surface area contributed by atoms with Gasteiger partial charge in [-0.15, -0.1) is 0 Å². The number of phenols is 1. The van der Waals surface area contributed by atoms with Crippen LogP contribution in [0, 0.1) is 0 Å². The number of hydrogen-bond donors (Lipinski definition) is 2. The summed E-state index contributed by atoms with van der Waals surface area (Å²) in [6.07, 6.45) is 1.07. The maximum Gasteiger partial charge on any atom is 0.115 e. The largest absolute Gasteiger partial charge is 0.508 e. The normalized spacial score (nSPS) is 18.4. The third kappa shape index (κ3) is 4.71.